The van der Waals surface area contributed by atoms with E-state index < -0.39 is 32.4 Å². The number of fused-ring (bicyclic) bond motifs is 3. The van der Waals surface area contributed by atoms with E-state index >= 15 is 0 Å². The fraction of sp³-hybridized carbons (Fsp3) is 0.279. The van der Waals surface area contributed by atoms with Gasteiger partial charge in [-0.1, -0.05) is 76.4 Å². The fourth-order valence-corrected chi connectivity index (χ4v) is 20.3. The van der Waals surface area contributed by atoms with Gasteiger partial charge in [-0.15, -0.1) is 74.6 Å². The molecule has 95 heavy (non-hydrogen) atoms. The standard InChI is InChI=1S/C25H29N5O2S3.C25H25N3O2S3.C18H19N5OS3/c1-4-5-13-35(32)25-21(26)20-18(15-19(29-24(20)34-25)23-28-10-12-33-23)16-7-6-8-17(14-16)22(31)27-9-11-30(2)3;1-3-5-10-20(29)17-9-7-8-16(14-17)18-15-19(23-27-11-12-31-23)28-24-21(18)22(26)25(32-24)33(30)13-6-4-2;1-3-4-7-27(24)18-15(19)14-11(13-9-21-10(2)22-13)8-12(23-17(14)26-18)16-20-5-6-25-16/h6-8,10,12,14-15H,4-5,9,11,13,26H2,1-3H3,(H,27,31);3,7-9,11-12,14-15H,1,4-6,10,13,26H2,2H3;5-6,8-9H,3-4,7,19H2,1-2H3,(H,21,22). The van der Waals surface area contributed by atoms with E-state index in [0.29, 0.717) is 77.5 Å². The first-order valence-corrected chi connectivity index (χ1v) is 39.9. The summed E-state index contributed by atoms with van der Waals surface area (Å²) < 4.78 is 40.7. The number of nitrogens with two attached hydrogens (primary N) is 3. The van der Waals surface area contributed by atoms with Gasteiger partial charge in [-0.05, 0) is 105 Å². The van der Waals surface area contributed by atoms with Crippen LogP contribution in [-0.4, -0.2) is 114 Å². The number of nitrogens with one attached hydrogen (secondary N) is 2. The smallest absolute Gasteiger partial charge is 0.251 e. The summed E-state index contributed by atoms with van der Waals surface area (Å²) in [5.74, 6) is 2.54. The number of pyridine rings is 3. The summed E-state index contributed by atoms with van der Waals surface area (Å²) in [6.45, 7) is 13.2. The van der Waals surface area contributed by atoms with Crippen molar-refractivity contribution in [3.63, 3.8) is 0 Å². The summed E-state index contributed by atoms with van der Waals surface area (Å²) in [7, 11) is 0.465. The number of Topliss-reactive ketones (excluding diaryl/α,β-unsaturated/α-hetero) is 1. The normalized spacial score (nSPS) is 12.4. The predicted molar refractivity (Wildman–Crippen MR) is 402 cm³/mol. The molecule has 10 heterocycles. The average Bonchev–Trinajstić information content (AvgIpc) is 1.66. The number of H-pyrrole nitrogens is 1. The molecule has 0 spiro atoms. The van der Waals surface area contributed by atoms with Gasteiger partial charge in [-0.2, -0.15) is 0 Å². The van der Waals surface area contributed by atoms with Gasteiger partial charge >= 0.3 is 0 Å². The summed E-state index contributed by atoms with van der Waals surface area (Å²) in [5, 5.41) is 13.6. The number of thiophene rings is 3. The molecule has 12 rings (SSSR count). The number of likely N-dealkylation sites (N-methyl/N-ethyl adjacent to an activating group) is 1. The molecular formula is C68H73N13O5S9. The van der Waals surface area contributed by atoms with Crippen LogP contribution in [0, 0.1) is 6.92 Å². The number of benzene rings is 2. The summed E-state index contributed by atoms with van der Waals surface area (Å²) >= 11 is 8.74. The highest BCUT2D eigenvalue weighted by atomic mass is 32.2. The van der Waals surface area contributed by atoms with Crippen molar-refractivity contribution in [2.24, 2.45) is 0 Å². The maximum atomic E-state index is 13.0. The highest BCUT2D eigenvalue weighted by Gasteiger charge is 2.26. The van der Waals surface area contributed by atoms with Crippen LogP contribution in [0.15, 0.2) is 133 Å². The van der Waals surface area contributed by atoms with Crippen molar-refractivity contribution in [2.45, 2.75) is 91.7 Å². The van der Waals surface area contributed by atoms with Crippen molar-refractivity contribution in [2.75, 3.05) is 61.6 Å². The van der Waals surface area contributed by atoms with Crippen molar-refractivity contribution in [3.05, 3.63) is 137 Å². The molecule has 18 nitrogen and oxygen atoms in total. The molecule has 2 aromatic carbocycles. The lowest BCUT2D eigenvalue weighted by atomic mass is 9.97. The molecule has 3 unspecified atom stereocenters. The molecule has 0 saturated heterocycles. The van der Waals surface area contributed by atoms with Crippen LogP contribution in [0.1, 0.15) is 98.7 Å². The van der Waals surface area contributed by atoms with E-state index in [-0.39, 0.29) is 11.7 Å². The van der Waals surface area contributed by atoms with Crippen LogP contribution >= 0.6 is 68.0 Å². The second-order valence-electron chi connectivity index (χ2n) is 22.2. The first kappa shape index (κ1) is 70.4. The number of aromatic nitrogens is 8. The molecule has 1 amide bonds. The number of allylic oxidation sites excluding steroid dienone is 1. The van der Waals surface area contributed by atoms with Gasteiger partial charge < -0.3 is 32.4 Å². The van der Waals surface area contributed by atoms with Crippen LogP contribution in [0.2, 0.25) is 0 Å². The average molecular weight is 1440 g/mol. The number of anilines is 3. The van der Waals surface area contributed by atoms with Gasteiger partial charge in [0, 0.05) is 104 Å². The van der Waals surface area contributed by atoms with E-state index in [2.05, 4.69) is 57.6 Å². The van der Waals surface area contributed by atoms with Crippen LogP contribution in [-0.2, 0) is 32.4 Å². The second kappa shape index (κ2) is 33.0. The van der Waals surface area contributed by atoms with Gasteiger partial charge in [0.05, 0.1) is 61.4 Å². The van der Waals surface area contributed by atoms with E-state index in [9.17, 15) is 22.2 Å². The number of carbonyl (C=O) groups excluding carboxylic acids is 2. The molecule has 10 aromatic heterocycles. The number of unbranched alkanes of at least 4 members (excludes halogenated alkanes) is 3. The summed E-state index contributed by atoms with van der Waals surface area (Å²) in [4.78, 5) is 64.9. The van der Waals surface area contributed by atoms with Crippen LogP contribution in [0.5, 0.6) is 0 Å². The van der Waals surface area contributed by atoms with E-state index in [0.717, 1.165) is 147 Å². The molecule has 8 N–H and O–H groups in total. The molecule has 27 heteroatoms. The quantitative estimate of drug-likeness (QED) is 0.0249. The number of nitrogens with zero attached hydrogens (tertiary/aromatic N) is 8. The van der Waals surface area contributed by atoms with Gasteiger partial charge in [-0.3, -0.25) is 22.2 Å². The van der Waals surface area contributed by atoms with Crippen LogP contribution < -0.4 is 22.5 Å². The van der Waals surface area contributed by atoms with Gasteiger partial charge in [0.2, 0.25) is 0 Å². The lowest BCUT2D eigenvalue weighted by Gasteiger charge is -2.12. The fourth-order valence-electron chi connectivity index (χ4n) is 10.1. The minimum atomic E-state index is -1.18. The highest BCUT2D eigenvalue weighted by Crippen LogP contribution is 2.46. The molecule has 0 fully saturated rings. The van der Waals surface area contributed by atoms with E-state index in [1.165, 1.54) is 68.0 Å². The topological polar surface area (TPSA) is 285 Å². The maximum Gasteiger partial charge on any atom is 0.251 e. The predicted octanol–water partition coefficient (Wildman–Crippen LogP) is 16.2. The molecular weight excluding hydrogens is 1370 g/mol. The number of thiazole rings is 3. The second-order valence-corrected chi connectivity index (χ2v) is 33.2. The van der Waals surface area contributed by atoms with Gasteiger partial charge in [-0.25, -0.2) is 34.9 Å². The molecule has 0 bridgehead atoms. The van der Waals surface area contributed by atoms with E-state index in [1.54, 1.807) is 36.9 Å². The Hall–Kier alpha value is -7.44. The summed E-state index contributed by atoms with van der Waals surface area (Å²) in [5.41, 5.74) is 29.9. The molecule has 0 aliphatic carbocycles. The minimum Gasteiger partial charge on any atom is -0.396 e. The lowest BCUT2D eigenvalue weighted by molar-refractivity contribution is 0.0949. The number of ketones is 1. The number of nitrogen functional groups attached to an aromatic ring is 3. The molecule has 12 aromatic rings. The Morgan fingerprint density at radius 3 is 1.41 bits per heavy atom. The number of aryl methyl sites for hydroxylation is 1. The lowest BCUT2D eigenvalue weighted by Crippen LogP contribution is -2.31. The zero-order valence-electron chi connectivity index (χ0n) is 53.4. The first-order valence-electron chi connectivity index (χ1n) is 30.8. The Labute approximate surface area is 583 Å². The highest BCUT2D eigenvalue weighted by molar-refractivity contribution is 7.88. The van der Waals surface area contributed by atoms with Crippen LogP contribution in [0.25, 0.3) is 96.3 Å². The minimum absolute atomic E-state index is 0.0712. The van der Waals surface area contributed by atoms with Gasteiger partial charge in [0.1, 0.15) is 65.0 Å². The summed E-state index contributed by atoms with van der Waals surface area (Å²) in [6, 6.07) is 21.0. The number of aromatic amines is 1. The largest absolute Gasteiger partial charge is 0.396 e. The number of hydrogen-bond acceptors (Lipinski definition) is 22. The Morgan fingerprint density at radius 1 is 0.600 bits per heavy atom. The van der Waals surface area contributed by atoms with E-state index in [1.807, 2.05) is 103 Å². The molecule has 0 saturated carbocycles. The molecule has 3 atom stereocenters. The number of imidazole rings is 1. The molecule has 494 valence electrons. The van der Waals surface area contributed by atoms with Crippen LogP contribution in [0.3, 0.4) is 0 Å². The molecule has 0 radical (unpaired) electrons. The first-order chi connectivity index (χ1) is 46.0. The van der Waals surface area contributed by atoms with Crippen molar-refractivity contribution in [1.82, 2.24) is 50.1 Å². The number of carbonyl (C=O) groups is 2. The number of rotatable bonds is 26. The Balaban J connectivity index is 0.000000156. The monoisotopic (exact) mass is 1440 g/mol. The molecule has 0 aliphatic heterocycles. The van der Waals surface area contributed by atoms with Gasteiger partial charge in [0.15, 0.2) is 5.78 Å². The van der Waals surface area contributed by atoms with Gasteiger partial charge in [0.25, 0.3) is 5.91 Å². The third-order valence-electron chi connectivity index (χ3n) is 15.0. The SMILES string of the molecule is C=CCCC(=O)c1cccc(-c2cc(-c3nccs3)nc3sc(S(=O)CCCC)c(N)c23)c1.CCCCS(=O)c1sc2nc(-c3nccs3)cc(-c3cccc(C(=O)NCCN(C)C)c3)c2c1N.CCCCS(=O)c1sc2nc(-c3nccs3)cc(-c3cnc(C)[nH]3)c2c1N. The molecule has 0 aliphatic rings. The maximum absolute atomic E-state index is 13.0. The van der Waals surface area contributed by atoms with Crippen LogP contribution in [0.4, 0.5) is 17.1 Å². The zero-order valence-corrected chi connectivity index (χ0v) is 60.7. The van der Waals surface area contributed by atoms with E-state index in [4.69, 9.17) is 32.2 Å². The van der Waals surface area contributed by atoms with Crippen molar-refractivity contribution in [1.29, 1.82) is 0 Å². The number of amides is 1. The summed E-state index contributed by atoms with van der Waals surface area (Å²) in [6.07, 6.45) is 15.5. The zero-order chi connectivity index (χ0) is 67.3. The third kappa shape index (κ3) is 16.7. The Bertz CT molecular complexity index is 4730. The Kier molecular flexibility index (Phi) is 24.4. The number of hydrogen-bond donors (Lipinski definition) is 5. The Morgan fingerprint density at radius 2 is 1.02 bits per heavy atom. The van der Waals surface area contributed by atoms with Crippen molar-refractivity contribution in [3.8, 4) is 65.6 Å². The third-order valence-corrected chi connectivity index (χ3v) is 26.3. The van der Waals surface area contributed by atoms with Crippen molar-refractivity contribution >= 4 is 160 Å². The van der Waals surface area contributed by atoms with Crippen molar-refractivity contribution < 1.29 is 22.2 Å².